The van der Waals surface area contributed by atoms with Gasteiger partial charge >= 0.3 is 0 Å². The zero-order valence-corrected chi connectivity index (χ0v) is 17.1. The first-order valence-electron chi connectivity index (χ1n) is 8.69. The Kier molecular flexibility index (Phi) is 5.24. The monoisotopic (exact) mass is 443 g/mol. The number of benzene rings is 2. The fraction of sp³-hybridized carbons (Fsp3) is 0.200. The van der Waals surface area contributed by atoms with Gasteiger partial charge in [0.15, 0.2) is 4.80 Å². The molecular formula is C20H18BrN3O2S. The molecule has 0 aliphatic heterocycles. The van der Waals surface area contributed by atoms with Crippen LogP contribution in [0, 0.1) is 0 Å². The van der Waals surface area contributed by atoms with Gasteiger partial charge in [0, 0.05) is 34.7 Å². The highest BCUT2D eigenvalue weighted by atomic mass is 79.9. The number of nitrogens with one attached hydrogen (secondary N) is 1. The van der Waals surface area contributed by atoms with Gasteiger partial charge in [-0.3, -0.25) is 4.79 Å². The van der Waals surface area contributed by atoms with E-state index in [1.165, 1.54) is 11.3 Å². The quantitative estimate of drug-likeness (QED) is 0.453. The molecular weight excluding hydrogens is 426 g/mol. The van der Waals surface area contributed by atoms with E-state index in [9.17, 15) is 4.79 Å². The van der Waals surface area contributed by atoms with E-state index in [2.05, 4.69) is 30.5 Å². The van der Waals surface area contributed by atoms with Crippen molar-refractivity contribution in [3.05, 3.63) is 63.5 Å². The van der Waals surface area contributed by atoms with Crippen molar-refractivity contribution in [1.29, 1.82) is 0 Å². The minimum atomic E-state index is -0.247. The van der Waals surface area contributed by atoms with Gasteiger partial charge in [-0.1, -0.05) is 45.5 Å². The van der Waals surface area contributed by atoms with E-state index in [0.29, 0.717) is 30.1 Å². The number of carbonyl (C=O) groups excluding carboxylic acids is 1. The molecule has 2 aromatic carbocycles. The first kappa shape index (κ1) is 18.2. The summed E-state index contributed by atoms with van der Waals surface area (Å²) in [7, 11) is 0. The van der Waals surface area contributed by atoms with Crippen molar-refractivity contribution < 1.29 is 9.53 Å². The summed E-state index contributed by atoms with van der Waals surface area (Å²) in [5.74, 6) is -0.247. The number of H-pyrrole nitrogens is 1. The summed E-state index contributed by atoms with van der Waals surface area (Å²) < 4.78 is 9.64. The number of hydrogen-bond donors (Lipinski definition) is 1. The molecule has 7 heteroatoms. The molecule has 0 aliphatic carbocycles. The van der Waals surface area contributed by atoms with Gasteiger partial charge in [-0.25, -0.2) is 0 Å². The van der Waals surface area contributed by atoms with Crippen LogP contribution in [0.15, 0.2) is 58.1 Å². The van der Waals surface area contributed by atoms with Crippen molar-refractivity contribution in [2.24, 2.45) is 4.99 Å². The molecule has 1 N–H and O–H groups in total. The van der Waals surface area contributed by atoms with Gasteiger partial charge in [-0.05, 0) is 31.2 Å². The lowest BCUT2D eigenvalue weighted by atomic mass is 10.2. The van der Waals surface area contributed by atoms with Crippen LogP contribution in [0.2, 0.25) is 0 Å². The van der Waals surface area contributed by atoms with Gasteiger partial charge < -0.3 is 14.3 Å². The summed E-state index contributed by atoms with van der Waals surface area (Å²) in [5, 5.41) is 0.885. The van der Waals surface area contributed by atoms with Crippen LogP contribution >= 0.6 is 27.3 Å². The maximum atomic E-state index is 12.9. The smallest absolute Gasteiger partial charge is 0.281 e. The molecule has 138 valence electrons. The van der Waals surface area contributed by atoms with Crippen LogP contribution in [0.1, 0.15) is 17.3 Å². The Bertz CT molecular complexity index is 1190. The largest absolute Gasteiger partial charge is 0.380 e. The van der Waals surface area contributed by atoms with Gasteiger partial charge in [-0.2, -0.15) is 4.99 Å². The summed E-state index contributed by atoms with van der Waals surface area (Å²) in [6.07, 6.45) is 1.73. The van der Waals surface area contributed by atoms with Crippen LogP contribution in [0.4, 0.5) is 0 Å². The van der Waals surface area contributed by atoms with E-state index in [1.807, 2.05) is 49.4 Å². The van der Waals surface area contributed by atoms with Crippen molar-refractivity contribution >= 4 is 54.3 Å². The van der Waals surface area contributed by atoms with Crippen LogP contribution in [0.3, 0.4) is 0 Å². The summed E-state index contributed by atoms with van der Waals surface area (Å²) in [6, 6.07) is 13.8. The predicted octanol–water partition coefficient (Wildman–Crippen LogP) is 4.72. The van der Waals surface area contributed by atoms with Crippen LogP contribution in [0.25, 0.3) is 21.1 Å². The second kappa shape index (κ2) is 7.80. The van der Waals surface area contributed by atoms with E-state index in [4.69, 9.17) is 4.74 Å². The number of rotatable bonds is 5. The average molecular weight is 444 g/mol. The maximum Gasteiger partial charge on any atom is 0.281 e. The fourth-order valence-electron chi connectivity index (χ4n) is 3.04. The maximum absolute atomic E-state index is 12.9. The van der Waals surface area contributed by atoms with Crippen LogP contribution < -0.4 is 4.80 Å². The number of carbonyl (C=O) groups is 1. The van der Waals surface area contributed by atoms with Gasteiger partial charge in [0.2, 0.25) is 0 Å². The Labute approximate surface area is 168 Å². The van der Waals surface area contributed by atoms with Crippen molar-refractivity contribution in [3.8, 4) is 0 Å². The number of nitrogens with zero attached hydrogens (tertiary/aromatic N) is 2. The van der Waals surface area contributed by atoms with E-state index in [-0.39, 0.29) is 5.91 Å². The van der Waals surface area contributed by atoms with Crippen LogP contribution in [-0.2, 0) is 11.3 Å². The second-order valence-corrected chi connectivity index (χ2v) is 7.93. The number of amides is 1. The Balaban J connectivity index is 1.81. The van der Waals surface area contributed by atoms with Crippen molar-refractivity contribution in [2.75, 3.05) is 13.2 Å². The Morgan fingerprint density at radius 1 is 1.30 bits per heavy atom. The molecule has 2 heterocycles. The van der Waals surface area contributed by atoms with E-state index in [0.717, 1.165) is 25.6 Å². The number of aromatic nitrogens is 2. The Morgan fingerprint density at radius 2 is 2.15 bits per heavy atom. The third kappa shape index (κ3) is 3.63. The summed E-state index contributed by atoms with van der Waals surface area (Å²) >= 11 is 5.02. The molecule has 0 atom stereocenters. The number of aromatic amines is 1. The SMILES string of the molecule is CCOCCn1c(=NC(=O)c2c[nH]c3ccccc23)sc2cc(Br)ccc21. The van der Waals surface area contributed by atoms with Crippen molar-refractivity contribution in [3.63, 3.8) is 0 Å². The minimum Gasteiger partial charge on any atom is -0.380 e. The number of para-hydroxylation sites is 1. The summed E-state index contributed by atoms with van der Waals surface area (Å²) in [5.41, 5.74) is 2.56. The van der Waals surface area contributed by atoms with Gasteiger partial charge in [0.1, 0.15) is 0 Å². The lowest BCUT2D eigenvalue weighted by Crippen LogP contribution is -2.19. The fourth-order valence-corrected chi connectivity index (χ4v) is 4.65. The topological polar surface area (TPSA) is 59.4 Å². The highest BCUT2D eigenvalue weighted by Crippen LogP contribution is 2.23. The van der Waals surface area contributed by atoms with E-state index >= 15 is 0 Å². The number of thiazole rings is 1. The molecule has 0 spiro atoms. The molecule has 0 unspecified atom stereocenters. The number of halogens is 1. The van der Waals surface area contributed by atoms with E-state index in [1.54, 1.807) is 6.20 Å². The zero-order chi connectivity index (χ0) is 18.8. The minimum absolute atomic E-state index is 0.247. The molecule has 2 aromatic heterocycles. The lowest BCUT2D eigenvalue weighted by molar-refractivity contribution is 0.0998. The molecule has 4 aromatic rings. The number of ether oxygens (including phenoxy) is 1. The third-order valence-corrected chi connectivity index (χ3v) is 5.86. The number of hydrogen-bond acceptors (Lipinski definition) is 3. The molecule has 27 heavy (non-hydrogen) atoms. The molecule has 4 rings (SSSR count). The second-order valence-electron chi connectivity index (χ2n) is 6.01. The van der Waals surface area contributed by atoms with Crippen LogP contribution in [0.5, 0.6) is 0 Å². The zero-order valence-electron chi connectivity index (χ0n) is 14.7. The van der Waals surface area contributed by atoms with Gasteiger partial charge in [0.25, 0.3) is 5.91 Å². The molecule has 0 bridgehead atoms. The standard InChI is InChI=1S/C20H18BrN3O2S/c1-2-26-10-9-24-17-8-7-13(21)11-18(17)27-20(24)23-19(25)15-12-22-16-6-4-3-5-14(15)16/h3-8,11-12,22H,2,9-10H2,1H3. The average Bonchev–Trinajstić information content (AvgIpc) is 3.23. The summed E-state index contributed by atoms with van der Waals surface area (Å²) in [4.78, 5) is 21.1. The van der Waals surface area contributed by atoms with E-state index < -0.39 is 0 Å². The molecule has 5 nitrogen and oxygen atoms in total. The highest BCUT2D eigenvalue weighted by Gasteiger charge is 2.13. The number of fused-ring (bicyclic) bond motifs is 2. The van der Waals surface area contributed by atoms with Crippen molar-refractivity contribution in [1.82, 2.24) is 9.55 Å². The molecule has 0 saturated heterocycles. The predicted molar refractivity (Wildman–Crippen MR) is 112 cm³/mol. The third-order valence-electron chi connectivity index (χ3n) is 4.32. The Hall–Kier alpha value is -2.22. The van der Waals surface area contributed by atoms with Crippen molar-refractivity contribution in [2.45, 2.75) is 13.5 Å². The first-order chi connectivity index (χ1) is 13.2. The summed E-state index contributed by atoms with van der Waals surface area (Å²) in [6.45, 7) is 3.86. The van der Waals surface area contributed by atoms with Gasteiger partial charge in [-0.15, -0.1) is 0 Å². The first-order valence-corrected chi connectivity index (χ1v) is 10.3. The molecule has 0 saturated carbocycles. The molecule has 1 amide bonds. The molecule has 0 radical (unpaired) electrons. The lowest BCUT2D eigenvalue weighted by Gasteiger charge is -2.05. The van der Waals surface area contributed by atoms with Crippen LogP contribution in [-0.4, -0.2) is 28.7 Å². The Morgan fingerprint density at radius 3 is 3.00 bits per heavy atom. The molecule has 0 fully saturated rings. The van der Waals surface area contributed by atoms with Gasteiger partial charge in [0.05, 0.1) is 22.4 Å². The molecule has 0 aliphatic rings. The highest BCUT2D eigenvalue weighted by molar-refractivity contribution is 9.10. The normalized spacial score (nSPS) is 12.3.